The van der Waals surface area contributed by atoms with Crippen LogP contribution in [0, 0.1) is 5.82 Å². The highest BCUT2D eigenvalue weighted by Crippen LogP contribution is 2.29. The van der Waals surface area contributed by atoms with Crippen molar-refractivity contribution in [2.75, 3.05) is 0 Å². The van der Waals surface area contributed by atoms with Crippen LogP contribution in [0.1, 0.15) is 43.0 Å². The zero-order valence-corrected chi connectivity index (χ0v) is 10.4. The second-order valence-corrected chi connectivity index (χ2v) is 4.05. The number of rotatable bonds is 4. The fourth-order valence-electron chi connectivity index (χ4n) is 2.14. The summed E-state index contributed by atoms with van der Waals surface area (Å²) in [6, 6.07) is 1.33. The molecule has 0 aliphatic rings. The van der Waals surface area contributed by atoms with E-state index in [0.717, 1.165) is 0 Å². The van der Waals surface area contributed by atoms with Gasteiger partial charge in [0, 0.05) is 5.56 Å². The van der Waals surface area contributed by atoms with Crippen LogP contribution in [0.15, 0.2) is 6.07 Å². The third-order valence-corrected chi connectivity index (χ3v) is 3.00. The predicted octanol–water partition coefficient (Wildman–Crippen LogP) is 1.60. The molecule has 1 aromatic carbocycles. The van der Waals surface area contributed by atoms with E-state index in [0.29, 0.717) is 36.0 Å². The van der Waals surface area contributed by atoms with Crippen molar-refractivity contribution < 1.29 is 19.7 Å². The van der Waals surface area contributed by atoms with Crippen molar-refractivity contribution in [1.29, 1.82) is 0 Å². The maximum Gasteiger partial charge on any atom is 0.304 e. The molecule has 0 aliphatic heterocycles. The van der Waals surface area contributed by atoms with Crippen molar-refractivity contribution in [3.63, 3.8) is 0 Å². The summed E-state index contributed by atoms with van der Waals surface area (Å²) in [5.74, 6) is -3.22. The van der Waals surface area contributed by atoms with E-state index in [-0.39, 0.29) is 11.4 Å². The van der Waals surface area contributed by atoms with Gasteiger partial charge >= 0.3 is 5.97 Å². The van der Waals surface area contributed by atoms with E-state index in [2.05, 4.69) is 0 Å². The van der Waals surface area contributed by atoms with Gasteiger partial charge in [-0.25, -0.2) is 4.39 Å². The highest BCUT2D eigenvalue weighted by Gasteiger charge is 2.28. The molecular weight excluding hydrogens is 223 g/mol. The Morgan fingerprint density at radius 1 is 1.00 bits per heavy atom. The largest absolute Gasteiger partial charge is 0.340 e. The van der Waals surface area contributed by atoms with Crippen molar-refractivity contribution in [3.05, 3.63) is 34.1 Å². The Hall–Kier alpha value is -0.970. The number of halogens is 1. The summed E-state index contributed by atoms with van der Waals surface area (Å²) in [7, 11) is 0. The first-order chi connectivity index (χ1) is 7.86. The minimum absolute atomic E-state index is 0.0184. The lowest BCUT2D eigenvalue weighted by Crippen LogP contribution is -2.27. The maximum atomic E-state index is 14.0. The van der Waals surface area contributed by atoms with Crippen LogP contribution in [0.3, 0.4) is 0 Å². The van der Waals surface area contributed by atoms with E-state index >= 15 is 0 Å². The second-order valence-electron chi connectivity index (χ2n) is 4.05. The van der Waals surface area contributed by atoms with Crippen LogP contribution in [0.25, 0.3) is 0 Å². The third-order valence-electron chi connectivity index (χ3n) is 3.00. The molecule has 0 saturated carbocycles. The Balaban J connectivity index is 3.59. The molecule has 0 unspecified atom stereocenters. The van der Waals surface area contributed by atoms with Crippen LogP contribution < -0.4 is 0 Å². The fraction of sp³-hybridized carbons (Fsp3) is 0.538. The highest BCUT2D eigenvalue weighted by atomic mass is 19.1. The first kappa shape index (κ1) is 14.1. The van der Waals surface area contributed by atoms with Gasteiger partial charge in [0.15, 0.2) is 0 Å². The predicted molar refractivity (Wildman–Crippen MR) is 62.9 cm³/mol. The number of aryl methyl sites for hydroxylation is 1. The van der Waals surface area contributed by atoms with Gasteiger partial charge in [-0.2, -0.15) is 0 Å². The molecule has 4 heteroatoms. The van der Waals surface area contributed by atoms with Crippen molar-refractivity contribution >= 4 is 0 Å². The summed E-state index contributed by atoms with van der Waals surface area (Å²) in [5, 5.41) is 28.0. The summed E-state index contributed by atoms with van der Waals surface area (Å²) < 4.78 is 14.0. The zero-order chi connectivity index (χ0) is 13.2. The molecular formula is C13H19FO3. The van der Waals surface area contributed by atoms with Crippen LogP contribution in [0.2, 0.25) is 0 Å². The quantitative estimate of drug-likeness (QED) is 0.703. The number of hydrogen-bond acceptors (Lipinski definition) is 3. The van der Waals surface area contributed by atoms with Gasteiger partial charge in [0.05, 0.1) is 0 Å². The molecule has 1 rings (SSSR count). The Morgan fingerprint density at radius 2 is 1.53 bits per heavy atom. The van der Waals surface area contributed by atoms with Crippen LogP contribution in [-0.4, -0.2) is 15.3 Å². The van der Waals surface area contributed by atoms with Crippen molar-refractivity contribution in [2.45, 2.75) is 46.0 Å². The normalized spacial score (nSPS) is 11.9. The molecule has 0 radical (unpaired) electrons. The van der Waals surface area contributed by atoms with Gasteiger partial charge in [0.25, 0.3) is 0 Å². The molecule has 0 heterocycles. The highest BCUT2D eigenvalue weighted by molar-refractivity contribution is 5.42. The maximum absolute atomic E-state index is 14.0. The topological polar surface area (TPSA) is 60.7 Å². The molecule has 0 bridgehead atoms. The van der Waals surface area contributed by atoms with Gasteiger partial charge in [-0.3, -0.25) is 0 Å². The molecule has 0 aromatic heterocycles. The lowest BCUT2D eigenvalue weighted by atomic mass is 9.91. The Labute approximate surface area is 101 Å². The average molecular weight is 242 g/mol. The zero-order valence-electron chi connectivity index (χ0n) is 10.4. The fourth-order valence-corrected chi connectivity index (χ4v) is 2.14. The third kappa shape index (κ3) is 2.65. The Morgan fingerprint density at radius 3 is 1.88 bits per heavy atom. The number of benzene rings is 1. The minimum Gasteiger partial charge on any atom is -0.340 e. The molecule has 0 aliphatic carbocycles. The molecule has 0 saturated heterocycles. The lowest BCUT2D eigenvalue weighted by Gasteiger charge is -2.22. The van der Waals surface area contributed by atoms with E-state index in [4.69, 9.17) is 0 Å². The molecule has 0 amide bonds. The van der Waals surface area contributed by atoms with Crippen molar-refractivity contribution in [1.82, 2.24) is 0 Å². The van der Waals surface area contributed by atoms with Crippen LogP contribution >= 0.6 is 0 Å². The summed E-state index contributed by atoms with van der Waals surface area (Å²) in [5.41, 5.74) is 1.28. The number of hydrogen-bond donors (Lipinski definition) is 3. The van der Waals surface area contributed by atoms with Crippen molar-refractivity contribution in [3.8, 4) is 0 Å². The molecule has 0 atom stereocenters. The van der Waals surface area contributed by atoms with Crippen LogP contribution in [0.5, 0.6) is 0 Å². The minimum atomic E-state index is -2.91. The standard InChI is InChI=1S/C13H19FO3/c1-4-8-7-11(13(15,16)17)9(5-2)10(6-3)12(8)14/h7,15-17H,4-6H2,1-3H3. The Kier molecular flexibility index (Phi) is 4.25. The van der Waals surface area contributed by atoms with Gasteiger partial charge in [-0.05, 0) is 42.0 Å². The smallest absolute Gasteiger partial charge is 0.304 e. The summed E-state index contributed by atoms with van der Waals surface area (Å²) >= 11 is 0. The molecule has 3 nitrogen and oxygen atoms in total. The molecule has 1 aromatic rings. The molecule has 17 heavy (non-hydrogen) atoms. The second kappa shape index (κ2) is 5.12. The van der Waals surface area contributed by atoms with E-state index in [1.807, 2.05) is 0 Å². The molecule has 0 spiro atoms. The lowest BCUT2D eigenvalue weighted by molar-refractivity contribution is -0.324. The number of aliphatic hydroxyl groups is 3. The van der Waals surface area contributed by atoms with Gasteiger partial charge < -0.3 is 15.3 Å². The SMILES string of the molecule is CCc1cc(C(O)(O)O)c(CC)c(CC)c1F. The van der Waals surface area contributed by atoms with Gasteiger partial charge in [0.2, 0.25) is 0 Å². The Bertz CT molecular complexity index is 408. The summed E-state index contributed by atoms with van der Waals surface area (Å²) in [6.45, 7) is 5.37. The van der Waals surface area contributed by atoms with E-state index in [1.54, 1.807) is 20.8 Å². The van der Waals surface area contributed by atoms with E-state index in [9.17, 15) is 19.7 Å². The first-order valence-corrected chi connectivity index (χ1v) is 5.87. The molecule has 0 fully saturated rings. The van der Waals surface area contributed by atoms with Crippen LogP contribution in [-0.2, 0) is 25.2 Å². The van der Waals surface area contributed by atoms with Gasteiger partial charge in [0.1, 0.15) is 5.82 Å². The first-order valence-electron chi connectivity index (χ1n) is 5.87. The molecule has 3 N–H and O–H groups in total. The van der Waals surface area contributed by atoms with Crippen molar-refractivity contribution in [2.24, 2.45) is 0 Å². The van der Waals surface area contributed by atoms with Gasteiger partial charge in [-0.1, -0.05) is 20.8 Å². The summed E-state index contributed by atoms with van der Waals surface area (Å²) in [4.78, 5) is 0. The monoisotopic (exact) mass is 242 g/mol. The summed E-state index contributed by atoms with van der Waals surface area (Å²) in [6.07, 6.45) is 1.32. The van der Waals surface area contributed by atoms with E-state index in [1.165, 1.54) is 6.07 Å². The van der Waals surface area contributed by atoms with E-state index < -0.39 is 5.97 Å². The molecule has 96 valence electrons. The average Bonchev–Trinajstić information content (AvgIpc) is 2.26. The van der Waals surface area contributed by atoms with Gasteiger partial charge in [-0.15, -0.1) is 0 Å². The van der Waals surface area contributed by atoms with Crippen LogP contribution in [0.4, 0.5) is 4.39 Å².